The van der Waals surface area contributed by atoms with Crippen molar-refractivity contribution >= 4 is 5.97 Å². The van der Waals surface area contributed by atoms with Crippen molar-refractivity contribution in [2.45, 2.75) is 32.3 Å². The van der Waals surface area contributed by atoms with Crippen molar-refractivity contribution in [3.05, 3.63) is 53.2 Å². The van der Waals surface area contributed by atoms with Crippen LogP contribution in [0.2, 0.25) is 0 Å². The Hall–Kier alpha value is -2.14. The lowest BCUT2D eigenvalue weighted by molar-refractivity contribution is 0.0642. The van der Waals surface area contributed by atoms with E-state index in [2.05, 4.69) is 4.98 Å². The quantitative estimate of drug-likeness (QED) is 0.933. The standard InChI is InChI=1S/C16H19NO4/c1-16(2,3)13-12(15(18)19)21-14(17-13)11(20-4)10-8-6-5-7-9-10/h5-9,11H,1-4H3,(H,18,19). The number of aromatic carboxylic acids is 1. The van der Waals surface area contributed by atoms with E-state index in [9.17, 15) is 9.90 Å². The third-order valence-corrected chi connectivity index (χ3v) is 3.11. The number of hydrogen-bond acceptors (Lipinski definition) is 4. The summed E-state index contributed by atoms with van der Waals surface area (Å²) in [5.74, 6) is -0.997. The van der Waals surface area contributed by atoms with Crippen LogP contribution < -0.4 is 0 Å². The van der Waals surface area contributed by atoms with E-state index in [0.717, 1.165) is 5.56 Å². The maximum Gasteiger partial charge on any atom is 0.373 e. The predicted octanol–water partition coefficient (Wildman–Crippen LogP) is 3.41. The number of hydrogen-bond donors (Lipinski definition) is 1. The number of oxazole rings is 1. The summed E-state index contributed by atoms with van der Waals surface area (Å²) in [6, 6.07) is 9.43. The van der Waals surface area contributed by atoms with Gasteiger partial charge in [0.2, 0.25) is 11.7 Å². The van der Waals surface area contributed by atoms with Gasteiger partial charge in [0.25, 0.3) is 0 Å². The summed E-state index contributed by atoms with van der Waals surface area (Å²) in [6.45, 7) is 5.68. The summed E-state index contributed by atoms with van der Waals surface area (Å²) in [6.07, 6.45) is -0.527. The highest BCUT2D eigenvalue weighted by Gasteiger charge is 2.31. The molecule has 0 aliphatic carbocycles. The molecule has 0 aliphatic rings. The van der Waals surface area contributed by atoms with Crippen LogP contribution in [0.25, 0.3) is 0 Å². The van der Waals surface area contributed by atoms with Crippen LogP contribution in [0.3, 0.4) is 0 Å². The highest BCUT2D eigenvalue weighted by molar-refractivity contribution is 5.86. The molecule has 0 bridgehead atoms. The van der Waals surface area contributed by atoms with Gasteiger partial charge in [-0.2, -0.15) is 0 Å². The fourth-order valence-corrected chi connectivity index (χ4v) is 2.11. The van der Waals surface area contributed by atoms with Gasteiger partial charge in [-0.15, -0.1) is 0 Å². The number of rotatable bonds is 4. The Bertz CT molecular complexity index is 625. The van der Waals surface area contributed by atoms with E-state index >= 15 is 0 Å². The van der Waals surface area contributed by atoms with Gasteiger partial charge in [-0.25, -0.2) is 9.78 Å². The van der Waals surface area contributed by atoms with E-state index in [1.165, 1.54) is 0 Å². The lowest BCUT2D eigenvalue weighted by atomic mass is 9.91. The molecule has 0 saturated carbocycles. The third kappa shape index (κ3) is 3.13. The van der Waals surface area contributed by atoms with E-state index in [1.54, 1.807) is 7.11 Å². The molecule has 1 heterocycles. The van der Waals surface area contributed by atoms with Crippen molar-refractivity contribution in [3.8, 4) is 0 Å². The molecule has 112 valence electrons. The number of nitrogens with zero attached hydrogens (tertiary/aromatic N) is 1. The third-order valence-electron chi connectivity index (χ3n) is 3.11. The number of aromatic nitrogens is 1. The van der Waals surface area contributed by atoms with E-state index in [0.29, 0.717) is 5.69 Å². The van der Waals surface area contributed by atoms with Crippen LogP contribution in [-0.2, 0) is 10.2 Å². The Labute approximate surface area is 123 Å². The number of carbonyl (C=O) groups is 1. The highest BCUT2D eigenvalue weighted by Crippen LogP contribution is 2.31. The van der Waals surface area contributed by atoms with E-state index < -0.39 is 17.5 Å². The first kappa shape index (κ1) is 15.3. The largest absolute Gasteiger partial charge is 0.475 e. The van der Waals surface area contributed by atoms with Crippen molar-refractivity contribution in [1.29, 1.82) is 0 Å². The Morgan fingerprint density at radius 2 is 1.90 bits per heavy atom. The van der Waals surface area contributed by atoms with Crippen molar-refractivity contribution in [1.82, 2.24) is 4.98 Å². The fraction of sp³-hybridized carbons (Fsp3) is 0.375. The van der Waals surface area contributed by atoms with Crippen molar-refractivity contribution in [2.24, 2.45) is 0 Å². The molecule has 0 saturated heterocycles. The van der Waals surface area contributed by atoms with Gasteiger partial charge in [-0.05, 0) is 5.56 Å². The molecule has 1 N–H and O–H groups in total. The molecule has 1 aromatic carbocycles. The topological polar surface area (TPSA) is 72.6 Å². The normalized spacial score (nSPS) is 13.1. The molecule has 0 radical (unpaired) electrons. The smallest absolute Gasteiger partial charge is 0.373 e. The molecule has 2 aromatic rings. The summed E-state index contributed by atoms with van der Waals surface area (Å²) in [4.78, 5) is 15.7. The van der Waals surface area contributed by atoms with E-state index in [1.807, 2.05) is 51.1 Å². The molecule has 5 heteroatoms. The fourth-order valence-electron chi connectivity index (χ4n) is 2.11. The van der Waals surface area contributed by atoms with Gasteiger partial charge in [0.05, 0.1) is 5.69 Å². The summed E-state index contributed by atoms with van der Waals surface area (Å²) < 4.78 is 10.9. The molecular formula is C16H19NO4. The molecule has 2 rings (SSSR count). The van der Waals surface area contributed by atoms with Gasteiger partial charge >= 0.3 is 5.97 Å². The SMILES string of the molecule is COC(c1ccccc1)c1nc(C(C)(C)C)c(C(=O)O)o1. The lowest BCUT2D eigenvalue weighted by Gasteiger charge is -2.15. The van der Waals surface area contributed by atoms with Crippen molar-refractivity contribution < 1.29 is 19.1 Å². The van der Waals surface area contributed by atoms with Gasteiger partial charge in [-0.1, -0.05) is 51.1 Å². The van der Waals surface area contributed by atoms with Crippen LogP contribution in [0.15, 0.2) is 34.7 Å². The summed E-state index contributed by atoms with van der Waals surface area (Å²) in [7, 11) is 1.54. The van der Waals surface area contributed by atoms with Crippen LogP contribution >= 0.6 is 0 Å². The second kappa shape index (κ2) is 5.69. The molecule has 5 nitrogen and oxygen atoms in total. The first-order valence-electron chi connectivity index (χ1n) is 6.67. The maximum absolute atomic E-state index is 11.4. The average Bonchev–Trinajstić information content (AvgIpc) is 2.86. The average molecular weight is 289 g/mol. The van der Waals surface area contributed by atoms with Gasteiger partial charge in [-0.3, -0.25) is 0 Å². The number of methoxy groups -OCH3 is 1. The predicted molar refractivity (Wildman–Crippen MR) is 77.5 cm³/mol. The summed E-state index contributed by atoms with van der Waals surface area (Å²) >= 11 is 0. The van der Waals surface area contributed by atoms with Crippen LogP contribution in [-0.4, -0.2) is 23.2 Å². The molecular weight excluding hydrogens is 270 g/mol. The Kier molecular flexibility index (Phi) is 4.14. The Morgan fingerprint density at radius 3 is 2.33 bits per heavy atom. The first-order chi connectivity index (χ1) is 9.84. The summed E-state index contributed by atoms with van der Waals surface area (Å²) in [5, 5.41) is 9.29. The molecule has 1 aromatic heterocycles. The zero-order valence-corrected chi connectivity index (χ0v) is 12.6. The van der Waals surface area contributed by atoms with Crippen molar-refractivity contribution in [2.75, 3.05) is 7.11 Å². The molecule has 1 unspecified atom stereocenters. The zero-order chi connectivity index (χ0) is 15.6. The molecule has 0 spiro atoms. The van der Waals surface area contributed by atoms with Crippen molar-refractivity contribution in [3.63, 3.8) is 0 Å². The zero-order valence-electron chi connectivity index (χ0n) is 12.6. The summed E-state index contributed by atoms with van der Waals surface area (Å²) in [5.41, 5.74) is 0.853. The Morgan fingerprint density at radius 1 is 1.29 bits per heavy atom. The number of benzene rings is 1. The van der Waals surface area contributed by atoms with Crippen LogP contribution in [0, 0.1) is 0 Å². The monoisotopic (exact) mass is 289 g/mol. The molecule has 0 amide bonds. The minimum atomic E-state index is -1.12. The van der Waals surface area contributed by atoms with Crippen LogP contribution in [0.1, 0.15) is 54.6 Å². The molecule has 0 aliphatic heterocycles. The van der Waals surface area contributed by atoms with Gasteiger partial charge in [0.15, 0.2) is 6.10 Å². The number of carboxylic acids is 1. The maximum atomic E-state index is 11.4. The number of carboxylic acid groups (broad SMARTS) is 1. The first-order valence-corrected chi connectivity index (χ1v) is 6.67. The van der Waals surface area contributed by atoms with E-state index in [4.69, 9.17) is 9.15 Å². The van der Waals surface area contributed by atoms with E-state index in [-0.39, 0.29) is 11.7 Å². The molecule has 0 fully saturated rings. The number of ether oxygens (including phenoxy) is 1. The highest BCUT2D eigenvalue weighted by atomic mass is 16.5. The molecule has 1 atom stereocenters. The van der Waals surface area contributed by atoms with Gasteiger partial charge in [0.1, 0.15) is 0 Å². The van der Waals surface area contributed by atoms with Crippen LogP contribution in [0.5, 0.6) is 0 Å². The second-order valence-electron chi connectivity index (χ2n) is 5.81. The van der Waals surface area contributed by atoms with Gasteiger partial charge in [0, 0.05) is 12.5 Å². The van der Waals surface area contributed by atoms with Crippen LogP contribution in [0.4, 0.5) is 0 Å². The molecule has 21 heavy (non-hydrogen) atoms. The minimum absolute atomic E-state index is 0.129. The van der Waals surface area contributed by atoms with Gasteiger partial charge < -0.3 is 14.3 Å². The Balaban J connectivity index is 2.51. The second-order valence-corrected chi connectivity index (χ2v) is 5.81. The minimum Gasteiger partial charge on any atom is -0.475 e. The lowest BCUT2D eigenvalue weighted by Crippen LogP contribution is -2.16.